The van der Waals surface area contributed by atoms with Gasteiger partial charge in [-0.15, -0.1) is 11.3 Å². The number of aliphatic hydroxyl groups is 1. The topological polar surface area (TPSA) is 78.4 Å². The molecule has 1 aliphatic carbocycles. The third-order valence-corrected chi connectivity index (χ3v) is 4.90. The Labute approximate surface area is 135 Å². The Bertz CT molecular complexity index is 480. The number of hydrogen-bond acceptors (Lipinski definition) is 4. The zero-order chi connectivity index (χ0) is 15.8. The van der Waals surface area contributed by atoms with Crippen molar-refractivity contribution in [2.24, 2.45) is 0 Å². The van der Waals surface area contributed by atoms with Crippen molar-refractivity contribution >= 4 is 23.2 Å². The van der Waals surface area contributed by atoms with E-state index in [9.17, 15) is 14.7 Å². The van der Waals surface area contributed by atoms with Crippen LogP contribution in [0.5, 0.6) is 0 Å². The zero-order valence-electron chi connectivity index (χ0n) is 12.8. The van der Waals surface area contributed by atoms with E-state index in [4.69, 9.17) is 0 Å². The molecule has 0 atom stereocenters. The first kappa shape index (κ1) is 17.0. The fourth-order valence-corrected chi connectivity index (χ4v) is 3.34. The molecule has 2 amide bonds. The fourth-order valence-electron chi connectivity index (χ4n) is 2.70. The molecule has 122 valence electrons. The van der Waals surface area contributed by atoms with Gasteiger partial charge in [-0.2, -0.15) is 0 Å². The predicted octanol–water partition coefficient (Wildman–Crippen LogP) is 2.07. The van der Waals surface area contributed by atoms with Crippen LogP contribution in [-0.4, -0.2) is 35.6 Å². The summed E-state index contributed by atoms with van der Waals surface area (Å²) in [7, 11) is 0. The summed E-state index contributed by atoms with van der Waals surface area (Å²) in [5.74, 6) is -0.283. The average molecular weight is 324 g/mol. The van der Waals surface area contributed by atoms with E-state index in [0.29, 0.717) is 18.0 Å². The summed E-state index contributed by atoms with van der Waals surface area (Å²) in [6.45, 7) is 0.617. The molecule has 2 rings (SSSR count). The SMILES string of the molecule is O=C(CCNC(=O)c1cccs1)NCC1(O)CCCCCC1. The highest BCUT2D eigenvalue weighted by Gasteiger charge is 2.28. The standard InChI is InChI=1S/C16H24N2O3S/c19-14(7-10-17-15(20)13-6-5-11-22-13)18-12-16(21)8-3-1-2-4-9-16/h5-6,11,21H,1-4,7-10,12H2,(H,17,20)(H,18,19). The Balaban J connectivity index is 1.64. The lowest BCUT2D eigenvalue weighted by Gasteiger charge is -2.26. The molecule has 0 aliphatic heterocycles. The van der Waals surface area contributed by atoms with Crippen molar-refractivity contribution in [3.63, 3.8) is 0 Å². The molecule has 0 radical (unpaired) electrons. The summed E-state index contributed by atoms with van der Waals surface area (Å²) in [6.07, 6.45) is 6.08. The summed E-state index contributed by atoms with van der Waals surface area (Å²) in [5.41, 5.74) is -0.758. The monoisotopic (exact) mass is 324 g/mol. The van der Waals surface area contributed by atoms with E-state index < -0.39 is 5.60 Å². The number of carbonyl (C=O) groups is 2. The van der Waals surface area contributed by atoms with Gasteiger partial charge in [-0.1, -0.05) is 31.7 Å². The van der Waals surface area contributed by atoms with Crippen LogP contribution in [0.3, 0.4) is 0 Å². The second-order valence-electron chi connectivity index (χ2n) is 5.90. The number of hydrogen-bond donors (Lipinski definition) is 3. The van der Waals surface area contributed by atoms with Gasteiger partial charge in [0.25, 0.3) is 5.91 Å². The average Bonchev–Trinajstić information content (AvgIpc) is 2.95. The number of amides is 2. The molecule has 5 nitrogen and oxygen atoms in total. The van der Waals surface area contributed by atoms with Crippen LogP contribution in [0.25, 0.3) is 0 Å². The van der Waals surface area contributed by atoms with E-state index in [-0.39, 0.29) is 18.2 Å². The van der Waals surface area contributed by atoms with Gasteiger partial charge < -0.3 is 15.7 Å². The minimum atomic E-state index is -0.758. The molecule has 1 fully saturated rings. The molecule has 0 saturated heterocycles. The Morgan fingerprint density at radius 1 is 1.18 bits per heavy atom. The molecule has 0 spiro atoms. The molecule has 6 heteroatoms. The van der Waals surface area contributed by atoms with Crippen LogP contribution in [-0.2, 0) is 4.79 Å². The Morgan fingerprint density at radius 2 is 1.91 bits per heavy atom. The molecule has 1 aliphatic rings. The molecule has 0 aromatic carbocycles. The summed E-state index contributed by atoms with van der Waals surface area (Å²) in [6, 6.07) is 3.57. The molecule has 1 saturated carbocycles. The fraction of sp³-hybridized carbons (Fsp3) is 0.625. The first-order valence-corrected chi connectivity index (χ1v) is 8.78. The number of rotatable bonds is 6. The van der Waals surface area contributed by atoms with Crippen LogP contribution >= 0.6 is 11.3 Å². The van der Waals surface area contributed by atoms with Gasteiger partial charge in [-0.25, -0.2) is 0 Å². The quantitative estimate of drug-likeness (QED) is 0.701. The van der Waals surface area contributed by atoms with Crippen molar-refractivity contribution in [2.45, 2.75) is 50.5 Å². The van der Waals surface area contributed by atoms with Crippen molar-refractivity contribution in [1.29, 1.82) is 0 Å². The van der Waals surface area contributed by atoms with Crippen LogP contribution in [0.2, 0.25) is 0 Å². The van der Waals surface area contributed by atoms with Gasteiger partial charge in [0.15, 0.2) is 0 Å². The lowest BCUT2D eigenvalue weighted by Crippen LogP contribution is -2.43. The van der Waals surface area contributed by atoms with E-state index in [1.807, 2.05) is 11.4 Å². The molecule has 1 aromatic rings. The maximum absolute atomic E-state index is 11.8. The van der Waals surface area contributed by atoms with Crippen molar-refractivity contribution in [3.05, 3.63) is 22.4 Å². The van der Waals surface area contributed by atoms with Gasteiger partial charge >= 0.3 is 0 Å². The Morgan fingerprint density at radius 3 is 2.55 bits per heavy atom. The predicted molar refractivity (Wildman–Crippen MR) is 86.9 cm³/mol. The summed E-state index contributed by atoms with van der Waals surface area (Å²) >= 11 is 1.37. The van der Waals surface area contributed by atoms with Crippen molar-refractivity contribution in [2.75, 3.05) is 13.1 Å². The molecule has 0 unspecified atom stereocenters. The second-order valence-corrected chi connectivity index (χ2v) is 6.85. The van der Waals surface area contributed by atoms with Gasteiger partial charge in [-0.05, 0) is 24.3 Å². The van der Waals surface area contributed by atoms with E-state index in [0.717, 1.165) is 38.5 Å². The molecular formula is C16H24N2O3S. The van der Waals surface area contributed by atoms with Gasteiger partial charge in [-0.3, -0.25) is 9.59 Å². The van der Waals surface area contributed by atoms with Gasteiger partial charge in [0, 0.05) is 19.5 Å². The van der Waals surface area contributed by atoms with Gasteiger partial charge in [0.2, 0.25) is 5.91 Å². The zero-order valence-corrected chi connectivity index (χ0v) is 13.6. The largest absolute Gasteiger partial charge is 0.388 e. The summed E-state index contributed by atoms with van der Waals surface area (Å²) < 4.78 is 0. The Hall–Kier alpha value is -1.40. The van der Waals surface area contributed by atoms with Crippen molar-refractivity contribution < 1.29 is 14.7 Å². The first-order valence-electron chi connectivity index (χ1n) is 7.90. The maximum Gasteiger partial charge on any atom is 0.261 e. The molecule has 0 bridgehead atoms. The minimum Gasteiger partial charge on any atom is -0.388 e. The normalized spacial score (nSPS) is 17.5. The van der Waals surface area contributed by atoms with Gasteiger partial charge in [0.05, 0.1) is 10.5 Å². The van der Waals surface area contributed by atoms with Crippen LogP contribution in [0.1, 0.15) is 54.6 Å². The van der Waals surface area contributed by atoms with E-state index in [1.165, 1.54) is 11.3 Å². The third-order valence-electron chi connectivity index (χ3n) is 4.03. The highest BCUT2D eigenvalue weighted by Crippen LogP contribution is 2.26. The van der Waals surface area contributed by atoms with Crippen molar-refractivity contribution in [1.82, 2.24) is 10.6 Å². The maximum atomic E-state index is 11.8. The van der Waals surface area contributed by atoms with Crippen molar-refractivity contribution in [3.8, 4) is 0 Å². The van der Waals surface area contributed by atoms with Crippen LogP contribution in [0.4, 0.5) is 0 Å². The van der Waals surface area contributed by atoms with E-state index >= 15 is 0 Å². The Kier molecular flexibility index (Phi) is 6.39. The second kappa shape index (κ2) is 8.29. The van der Waals surface area contributed by atoms with E-state index in [1.54, 1.807) is 6.07 Å². The van der Waals surface area contributed by atoms with Crippen LogP contribution < -0.4 is 10.6 Å². The molecular weight excluding hydrogens is 300 g/mol. The highest BCUT2D eigenvalue weighted by molar-refractivity contribution is 7.12. The molecule has 3 N–H and O–H groups in total. The lowest BCUT2D eigenvalue weighted by atomic mass is 9.94. The molecule has 1 aromatic heterocycles. The van der Waals surface area contributed by atoms with Gasteiger partial charge in [0.1, 0.15) is 0 Å². The third kappa shape index (κ3) is 5.42. The first-order chi connectivity index (χ1) is 10.6. The van der Waals surface area contributed by atoms with E-state index in [2.05, 4.69) is 10.6 Å². The lowest BCUT2D eigenvalue weighted by molar-refractivity contribution is -0.122. The highest BCUT2D eigenvalue weighted by atomic mass is 32.1. The summed E-state index contributed by atoms with van der Waals surface area (Å²) in [5, 5.41) is 17.8. The minimum absolute atomic E-state index is 0.135. The van der Waals surface area contributed by atoms with Crippen LogP contribution in [0, 0.1) is 0 Å². The van der Waals surface area contributed by atoms with Crippen LogP contribution in [0.15, 0.2) is 17.5 Å². The number of nitrogens with one attached hydrogen (secondary N) is 2. The molecule has 22 heavy (non-hydrogen) atoms. The smallest absolute Gasteiger partial charge is 0.261 e. The summed E-state index contributed by atoms with van der Waals surface area (Å²) in [4.78, 5) is 24.2. The number of carbonyl (C=O) groups excluding carboxylic acids is 2. The molecule has 1 heterocycles. The number of thiophene rings is 1.